The van der Waals surface area contributed by atoms with Crippen molar-refractivity contribution < 1.29 is 28.6 Å². The smallest absolute Gasteiger partial charge is 0.337 e. The number of aromatic nitrogens is 2. The highest BCUT2D eigenvalue weighted by Crippen LogP contribution is 2.45. The third-order valence-corrected chi connectivity index (χ3v) is 9.34. The molecule has 0 radical (unpaired) electrons. The Labute approximate surface area is 306 Å². The molecular formula is C45H32N2O6. The highest BCUT2D eigenvalue weighted by molar-refractivity contribution is 6.05. The number of carbonyl (C=O) groups excluding carboxylic acids is 3. The highest BCUT2D eigenvalue weighted by Gasteiger charge is 2.39. The van der Waals surface area contributed by atoms with Gasteiger partial charge in [-0.05, 0) is 95.1 Å². The summed E-state index contributed by atoms with van der Waals surface area (Å²) in [7, 11) is 4.02. The average Bonchev–Trinajstić information content (AvgIpc) is 3.23. The lowest BCUT2D eigenvalue weighted by Gasteiger charge is -2.37. The predicted molar refractivity (Wildman–Crippen MR) is 202 cm³/mol. The number of esters is 3. The second kappa shape index (κ2) is 14.6. The van der Waals surface area contributed by atoms with Gasteiger partial charge in [-0.2, -0.15) is 0 Å². The van der Waals surface area contributed by atoms with Crippen molar-refractivity contribution in [1.29, 1.82) is 0 Å². The van der Waals surface area contributed by atoms with Crippen LogP contribution in [0.15, 0.2) is 140 Å². The van der Waals surface area contributed by atoms with E-state index in [1.165, 1.54) is 21.3 Å². The molecule has 0 bridgehead atoms. The molecule has 53 heavy (non-hydrogen) atoms. The number of methoxy groups -OCH3 is 3. The van der Waals surface area contributed by atoms with Gasteiger partial charge in [-0.3, -0.25) is 9.97 Å². The number of carbonyl (C=O) groups is 3. The van der Waals surface area contributed by atoms with Gasteiger partial charge in [0.05, 0.1) is 54.5 Å². The van der Waals surface area contributed by atoms with Crippen molar-refractivity contribution in [1.82, 2.24) is 9.97 Å². The zero-order valence-electron chi connectivity index (χ0n) is 29.1. The summed E-state index contributed by atoms with van der Waals surface area (Å²) in [6.45, 7) is 0. The molecule has 0 atom stereocenters. The van der Waals surface area contributed by atoms with Crippen molar-refractivity contribution in [2.24, 2.45) is 0 Å². The Bertz CT molecular complexity index is 2410. The molecule has 0 spiro atoms. The molecule has 5 aromatic carbocycles. The second-order valence-electron chi connectivity index (χ2n) is 12.2. The lowest BCUT2D eigenvalue weighted by atomic mass is 9.65. The Kier molecular flexibility index (Phi) is 9.48. The fraction of sp³-hybridized carbons (Fsp3) is 0.0889. The molecule has 0 unspecified atom stereocenters. The van der Waals surface area contributed by atoms with E-state index < -0.39 is 23.3 Å². The van der Waals surface area contributed by atoms with Crippen LogP contribution in [0.2, 0.25) is 0 Å². The van der Waals surface area contributed by atoms with Crippen LogP contribution in [0, 0.1) is 11.8 Å². The maximum atomic E-state index is 12.5. The summed E-state index contributed by atoms with van der Waals surface area (Å²) in [6, 6.07) is 39.4. The number of ether oxygens (including phenoxy) is 3. The fourth-order valence-electron chi connectivity index (χ4n) is 6.75. The van der Waals surface area contributed by atoms with Crippen molar-refractivity contribution in [2.45, 2.75) is 5.41 Å². The molecule has 8 nitrogen and oxygen atoms in total. The summed E-state index contributed by atoms with van der Waals surface area (Å²) in [6.07, 6.45) is 3.52. The molecule has 0 saturated carbocycles. The van der Waals surface area contributed by atoms with Gasteiger partial charge in [0, 0.05) is 34.3 Å². The normalized spacial score (nSPS) is 11.0. The summed E-state index contributed by atoms with van der Waals surface area (Å²) in [5, 5.41) is 1.88. The maximum Gasteiger partial charge on any atom is 0.337 e. The van der Waals surface area contributed by atoms with E-state index in [2.05, 4.69) is 21.8 Å². The summed E-state index contributed by atoms with van der Waals surface area (Å²) >= 11 is 0. The van der Waals surface area contributed by atoms with E-state index in [1.807, 2.05) is 91.0 Å². The number of hydrogen-bond acceptors (Lipinski definition) is 8. The molecule has 7 aromatic rings. The van der Waals surface area contributed by atoms with Crippen LogP contribution in [0.25, 0.3) is 21.8 Å². The Morgan fingerprint density at radius 3 is 1.38 bits per heavy atom. The molecule has 0 amide bonds. The first-order valence-corrected chi connectivity index (χ1v) is 16.7. The van der Waals surface area contributed by atoms with E-state index in [0.717, 1.165) is 55.2 Å². The van der Waals surface area contributed by atoms with Crippen LogP contribution in [-0.2, 0) is 19.6 Å². The van der Waals surface area contributed by atoms with Crippen molar-refractivity contribution in [2.75, 3.05) is 21.3 Å². The molecule has 258 valence electrons. The van der Waals surface area contributed by atoms with Crippen LogP contribution in [0.1, 0.15) is 64.5 Å². The molecule has 0 saturated heterocycles. The van der Waals surface area contributed by atoms with Crippen LogP contribution in [0.3, 0.4) is 0 Å². The van der Waals surface area contributed by atoms with E-state index in [1.54, 1.807) is 48.8 Å². The van der Waals surface area contributed by atoms with Crippen LogP contribution in [0.5, 0.6) is 0 Å². The molecule has 0 aliphatic heterocycles. The van der Waals surface area contributed by atoms with E-state index in [-0.39, 0.29) is 0 Å². The van der Waals surface area contributed by atoms with Crippen molar-refractivity contribution in [3.8, 4) is 11.8 Å². The summed E-state index contributed by atoms with van der Waals surface area (Å²) in [5.74, 6) is 5.34. The third kappa shape index (κ3) is 6.37. The zero-order valence-corrected chi connectivity index (χ0v) is 29.1. The van der Waals surface area contributed by atoms with Gasteiger partial charge in [0.15, 0.2) is 0 Å². The number of nitrogens with zero attached hydrogens (tertiary/aromatic N) is 2. The molecule has 0 fully saturated rings. The topological polar surface area (TPSA) is 105 Å². The molecule has 8 heteroatoms. The van der Waals surface area contributed by atoms with Gasteiger partial charge < -0.3 is 14.2 Å². The second-order valence-corrected chi connectivity index (χ2v) is 12.2. The largest absolute Gasteiger partial charge is 0.465 e. The van der Waals surface area contributed by atoms with Gasteiger partial charge in [-0.1, -0.05) is 66.4 Å². The predicted octanol–water partition coefficient (Wildman–Crippen LogP) is 7.93. The lowest BCUT2D eigenvalue weighted by molar-refractivity contribution is 0.0592. The minimum Gasteiger partial charge on any atom is -0.465 e. The van der Waals surface area contributed by atoms with Crippen LogP contribution >= 0.6 is 0 Å². The van der Waals surface area contributed by atoms with Gasteiger partial charge in [0.1, 0.15) is 0 Å². The summed E-state index contributed by atoms with van der Waals surface area (Å²) in [5.41, 5.74) is 6.79. The molecule has 2 heterocycles. The van der Waals surface area contributed by atoms with E-state index in [0.29, 0.717) is 16.7 Å². The third-order valence-electron chi connectivity index (χ3n) is 9.34. The summed E-state index contributed by atoms with van der Waals surface area (Å²) in [4.78, 5) is 46.5. The number of fused-ring (bicyclic) bond motifs is 3. The number of rotatable bonds is 7. The maximum absolute atomic E-state index is 12.5. The van der Waals surface area contributed by atoms with Crippen LogP contribution in [-0.4, -0.2) is 49.2 Å². The Balaban J connectivity index is 1.41. The SMILES string of the molecule is COC(=O)c1ccc(C(c2ccc(C#Cc3cc4cccnc4c4ncccc34)cc2)(c2ccc(C(=O)OC)cc2)c2ccc(C(=O)OC)cc2)cc1. The molecule has 2 aromatic heterocycles. The number of benzene rings is 5. The van der Waals surface area contributed by atoms with E-state index in [9.17, 15) is 14.4 Å². The molecule has 0 N–H and O–H groups in total. The van der Waals surface area contributed by atoms with Gasteiger partial charge in [-0.15, -0.1) is 0 Å². The van der Waals surface area contributed by atoms with E-state index >= 15 is 0 Å². The first-order chi connectivity index (χ1) is 25.9. The monoisotopic (exact) mass is 696 g/mol. The minimum absolute atomic E-state index is 0.394. The quantitative estimate of drug-likeness (QED) is 0.0544. The average molecular weight is 697 g/mol. The highest BCUT2D eigenvalue weighted by atomic mass is 16.5. The minimum atomic E-state index is -0.989. The van der Waals surface area contributed by atoms with Crippen LogP contribution in [0.4, 0.5) is 0 Å². The fourth-order valence-corrected chi connectivity index (χ4v) is 6.75. The van der Waals surface area contributed by atoms with Crippen molar-refractivity contribution in [3.05, 3.63) is 190 Å². The van der Waals surface area contributed by atoms with Gasteiger partial charge >= 0.3 is 17.9 Å². The first kappa shape index (κ1) is 34.3. The van der Waals surface area contributed by atoms with Gasteiger partial charge in [0.2, 0.25) is 0 Å². The first-order valence-electron chi connectivity index (χ1n) is 16.7. The number of hydrogen-bond donors (Lipinski definition) is 0. The lowest BCUT2D eigenvalue weighted by Crippen LogP contribution is -2.31. The van der Waals surface area contributed by atoms with Crippen molar-refractivity contribution >= 4 is 39.7 Å². The molecule has 7 rings (SSSR count). The van der Waals surface area contributed by atoms with Crippen molar-refractivity contribution in [3.63, 3.8) is 0 Å². The Morgan fingerprint density at radius 1 is 0.509 bits per heavy atom. The summed E-state index contributed by atoms with van der Waals surface area (Å²) < 4.78 is 14.9. The standard InChI is InChI=1S/C45H32N2O6/c1-51-42(48)30-12-20-36(21-13-30)45(37-22-14-31(15-23-37)43(49)52-2,38-24-16-32(17-25-38)44(50)53-3)35-18-9-29(10-19-35)8-11-33-28-34-6-4-26-46-40(34)41-39(33)7-5-27-47-41/h4-7,9-10,12-28H,1-3H3. The Morgan fingerprint density at radius 2 is 0.925 bits per heavy atom. The van der Waals surface area contributed by atoms with Crippen LogP contribution < -0.4 is 0 Å². The van der Waals surface area contributed by atoms with E-state index in [4.69, 9.17) is 14.2 Å². The molecular weight excluding hydrogens is 665 g/mol. The molecule has 0 aliphatic rings. The van der Waals surface area contributed by atoms with Gasteiger partial charge in [0.25, 0.3) is 0 Å². The number of pyridine rings is 2. The van der Waals surface area contributed by atoms with Gasteiger partial charge in [-0.25, -0.2) is 14.4 Å². The Hall–Kier alpha value is -7.11. The zero-order chi connectivity index (χ0) is 37.0. The molecule has 0 aliphatic carbocycles.